The number of unbranched alkanes of at least 4 members (excludes halogenated alkanes) is 11. The van der Waals surface area contributed by atoms with Gasteiger partial charge in [-0.25, -0.2) is 0 Å². The summed E-state index contributed by atoms with van der Waals surface area (Å²) in [6, 6.07) is 0. The summed E-state index contributed by atoms with van der Waals surface area (Å²) < 4.78 is 0. The van der Waals surface area contributed by atoms with Gasteiger partial charge >= 0.3 is 0 Å². The van der Waals surface area contributed by atoms with Crippen molar-refractivity contribution in [3.63, 3.8) is 0 Å². The fraction of sp³-hybridized carbons (Fsp3) is 0.833. The van der Waals surface area contributed by atoms with Gasteiger partial charge in [0.25, 0.3) is 0 Å². The first-order valence-electron chi connectivity index (χ1n) is 8.66. The lowest BCUT2D eigenvalue weighted by molar-refractivity contribution is -0.118. The van der Waals surface area contributed by atoms with E-state index in [0.717, 1.165) is 6.42 Å². The van der Waals surface area contributed by atoms with Crippen molar-refractivity contribution in [3.05, 3.63) is 12.2 Å². The number of carbonyl (C=O) groups excluding carboxylic acids is 1. The summed E-state index contributed by atoms with van der Waals surface area (Å²) >= 11 is 0. The van der Waals surface area contributed by atoms with Gasteiger partial charge in [0, 0.05) is 13.5 Å². The quantitative estimate of drug-likeness (QED) is 0.336. The molecule has 118 valence electrons. The molecule has 0 aromatic heterocycles. The second-order valence-electron chi connectivity index (χ2n) is 5.73. The zero-order valence-corrected chi connectivity index (χ0v) is 13.8. The predicted molar refractivity (Wildman–Crippen MR) is 88.9 cm³/mol. The molecule has 0 aliphatic rings. The van der Waals surface area contributed by atoms with E-state index in [4.69, 9.17) is 0 Å². The normalized spacial score (nSPS) is 11.1. The smallest absolute Gasteiger partial charge is 0.217 e. The highest BCUT2D eigenvalue weighted by Gasteiger charge is 1.92. The highest BCUT2D eigenvalue weighted by atomic mass is 16.1. The second-order valence-corrected chi connectivity index (χ2v) is 5.73. The Labute approximate surface area is 126 Å². The third-order valence-corrected chi connectivity index (χ3v) is 3.61. The van der Waals surface area contributed by atoms with Gasteiger partial charge in [-0.1, -0.05) is 83.3 Å². The molecule has 1 N–H and O–H groups in total. The van der Waals surface area contributed by atoms with Crippen molar-refractivity contribution >= 4 is 5.91 Å². The SMILES string of the molecule is CCCCCCCCCCCCCC=CCNC(C)=O. The van der Waals surface area contributed by atoms with Gasteiger partial charge in [0.2, 0.25) is 5.91 Å². The number of hydrogen-bond acceptors (Lipinski definition) is 1. The average molecular weight is 281 g/mol. The van der Waals surface area contributed by atoms with Crippen LogP contribution in [0.4, 0.5) is 0 Å². The topological polar surface area (TPSA) is 29.1 Å². The van der Waals surface area contributed by atoms with E-state index in [1.807, 2.05) is 0 Å². The molecule has 0 bridgehead atoms. The van der Waals surface area contributed by atoms with Gasteiger partial charge in [0.15, 0.2) is 0 Å². The van der Waals surface area contributed by atoms with Crippen molar-refractivity contribution in [2.75, 3.05) is 6.54 Å². The number of amides is 1. The molecule has 20 heavy (non-hydrogen) atoms. The Morgan fingerprint density at radius 1 is 0.800 bits per heavy atom. The number of carbonyl (C=O) groups is 1. The van der Waals surface area contributed by atoms with Crippen LogP contribution in [0.5, 0.6) is 0 Å². The first-order valence-corrected chi connectivity index (χ1v) is 8.66. The van der Waals surface area contributed by atoms with Gasteiger partial charge in [-0.2, -0.15) is 0 Å². The van der Waals surface area contributed by atoms with Crippen LogP contribution < -0.4 is 5.32 Å². The predicted octanol–water partition coefficient (Wildman–Crippen LogP) is 5.38. The molecule has 0 aromatic carbocycles. The molecule has 0 aromatic rings. The Morgan fingerprint density at radius 3 is 1.80 bits per heavy atom. The van der Waals surface area contributed by atoms with Crippen molar-refractivity contribution in [1.29, 1.82) is 0 Å². The summed E-state index contributed by atoms with van der Waals surface area (Å²) in [5.74, 6) is 0.0457. The molecule has 0 aliphatic heterocycles. The lowest BCUT2D eigenvalue weighted by Gasteiger charge is -2.01. The van der Waals surface area contributed by atoms with Gasteiger partial charge < -0.3 is 5.32 Å². The van der Waals surface area contributed by atoms with Crippen LogP contribution in [-0.2, 0) is 4.79 Å². The molecule has 1 amide bonds. The summed E-state index contributed by atoms with van der Waals surface area (Å²) in [5.41, 5.74) is 0. The fourth-order valence-corrected chi connectivity index (χ4v) is 2.33. The third-order valence-electron chi connectivity index (χ3n) is 3.61. The number of nitrogens with one attached hydrogen (secondary N) is 1. The van der Waals surface area contributed by atoms with Crippen molar-refractivity contribution in [3.8, 4) is 0 Å². The Balaban J connectivity index is 3.04. The van der Waals surface area contributed by atoms with Crippen LogP contribution in [-0.4, -0.2) is 12.5 Å². The van der Waals surface area contributed by atoms with E-state index < -0.39 is 0 Å². The first kappa shape index (κ1) is 19.2. The van der Waals surface area contributed by atoms with Crippen molar-refractivity contribution in [2.24, 2.45) is 0 Å². The van der Waals surface area contributed by atoms with Crippen molar-refractivity contribution < 1.29 is 4.79 Å². The molecule has 0 radical (unpaired) electrons. The van der Waals surface area contributed by atoms with Gasteiger partial charge in [-0.05, 0) is 12.8 Å². The highest BCUT2D eigenvalue weighted by molar-refractivity contribution is 5.72. The number of allylic oxidation sites excluding steroid dienone is 1. The minimum absolute atomic E-state index is 0.0457. The Hall–Kier alpha value is -0.790. The Bertz CT molecular complexity index is 236. The van der Waals surface area contributed by atoms with Crippen LogP contribution in [0.2, 0.25) is 0 Å². The van der Waals surface area contributed by atoms with Crippen LogP contribution in [0.15, 0.2) is 12.2 Å². The zero-order valence-electron chi connectivity index (χ0n) is 13.8. The first-order chi connectivity index (χ1) is 9.77. The Kier molecular flexibility index (Phi) is 15.6. The van der Waals surface area contributed by atoms with Crippen molar-refractivity contribution in [1.82, 2.24) is 5.32 Å². The summed E-state index contributed by atoms with van der Waals surface area (Å²) in [6.45, 7) is 4.50. The largest absolute Gasteiger partial charge is 0.353 e. The Morgan fingerprint density at radius 2 is 1.30 bits per heavy atom. The maximum absolute atomic E-state index is 10.6. The van der Waals surface area contributed by atoms with E-state index >= 15 is 0 Å². The summed E-state index contributed by atoms with van der Waals surface area (Å²) in [7, 11) is 0. The van der Waals surface area contributed by atoms with E-state index in [1.165, 1.54) is 70.6 Å². The van der Waals surface area contributed by atoms with Crippen molar-refractivity contribution in [2.45, 2.75) is 90.9 Å². The van der Waals surface area contributed by atoms with Gasteiger partial charge in [0.05, 0.1) is 0 Å². The minimum Gasteiger partial charge on any atom is -0.353 e. The monoisotopic (exact) mass is 281 g/mol. The molecule has 2 heteroatoms. The zero-order chi connectivity index (χ0) is 14.9. The minimum atomic E-state index is 0.0457. The molecule has 0 unspecified atom stereocenters. The fourth-order valence-electron chi connectivity index (χ4n) is 2.33. The highest BCUT2D eigenvalue weighted by Crippen LogP contribution is 2.11. The molecule has 0 spiro atoms. The molecule has 0 fully saturated rings. The molecule has 0 aliphatic carbocycles. The molecule has 2 nitrogen and oxygen atoms in total. The average Bonchev–Trinajstić information content (AvgIpc) is 2.43. The molecule has 0 atom stereocenters. The summed E-state index contributed by atoms with van der Waals surface area (Å²) in [6.07, 6.45) is 20.7. The summed E-state index contributed by atoms with van der Waals surface area (Å²) in [4.78, 5) is 10.6. The van der Waals surface area contributed by atoms with E-state index in [1.54, 1.807) is 6.92 Å². The lowest BCUT2D eigenvalue weighted by atomic mass is 10.1. The molecular formula is C18H35NO. The van der Waals surface area contributed by atoms with Crippen LogP contribution >= 0.6 is 0 Å². The van der Waals surface area contributed by atoms with E-state index in [0.29, 0.717) is 6.54 Å². The van der Waals surface area contributed by atoms with E-state index in [9.17, 15) is 4.79 Å². The van der Waals surface area contributed by atoms with E-state index in [2.05, 4.69) is 24.4 Å². The number of hydrogen-bond donors (Lipinski definition) is 1. The van der Waals surface area contributed by atoms with Crippen LogP contribution in [0, 0.1) is 0 Å². The van der Waals surface area contributed by atoms with Gasteiger partial charge in [-0.15, -0.1) is 0 Å². The maximum atomic E-state index is 10.6. The molecule has 0 heterocycles. The third kappa shape index (κ3) is 17.2. The van der Waals surface area contributed by atoms with Gasteiger partial charge in [0.1, 0.15) is 0 Å². The summed E-state index contributed by atoms with van der Waals surface area (Å²) in [5, 5.41) is 2.76. The standard InChI is InChI=1S/C18H35NO/c1-3-4-5-6-7-8-9-10-11-12-13-14-15-16-17-19-18(2)20/h15-16H,3-14,17H2,1-2H3,(H,19,20). The molecular weight excluding hydrogens is 246 g/mol. The maximum Gasteiger partial charge on any atom is 0.217 e. The van der Waals surface area contributed by atoms with E-state index in [-0.39, 0.29) is 5.91 Å². The van der Waals surface area contributed by atoms with Crippen LogP contribution in [0.3, 0.4) is 0 Å². The lowest BCUT2D eigenvalue weighted by Crippen LogP contribution is -2.19. The molecule has 0 rings (SSSR count). The number of rotatable bonds is 14. The van der Waals surface area contributed by atoms with Gasteiger partial charge in [-0.3, -0.25) is 4.79 Å². The molecule has 0 saturated heterocycles. The van der Waals surface area contributed by atoms with Crippen LogP contribution in [0.25, 0.3) is 0 Å². The molecule has 0 saturated carbocycles. The van der Waals surface area contributed by atoms with Crippen LogP contribution in [0.1, 0.15) is 90.9 Å². The second kappa shape index (κ2) is 16.3.